The van der Waals surface area contributed by atoms with E-state index < -0.39 is 0 Å². The minimum Gasteiger partial charge on any atom is -0.472 e. The van der Waals surface area contributed by atoms with Crippen molar-refractivity contribution in [2.45, 2.75) is 6.54 Å². The lowest BCUT2D eigenvalue weighted by Crippen LogP contribution is -2.37. The predicted octanol–water partition coefficient (Wildman–Crippen LogP) is 5.11. The standard InChI is InChI=1S/C30H28ClN3O5/c1-32-11-10-22-25(32)9-8-24(27(22)31)29(35)34-17-20-4-3-5-21(28(20)39-18-34)19-6-7-23(30(36)37-2)26(16-19)33-12-14-38-15-13-33/h3-11,16H,12-15,17-18H2,1-2H3. The predicted molar refractivity (Wildman–Crippen MR) is 150 cm³/mol. The summed E-state index contributed by atoms with van der Waals surface area (Å²) in [5.41, 5.74) is 5.45. The van der Waals surface area contributed by atoms with Crippen LogP contribution in [0.2, 0.25) is 5.02 Å². The van der Waals surface area contributed by atoms with Crippen LogP contribution in [-0.4, -0.2) is 61.5 Å². The van der Waals surface area contributed by atoms with E-state index in [1.807, 2.05) is 60.3 Å². The van der Waals surface area contributed by atoms with Gasteiger partial charge in [-0.25, -0.2) is 4.79 Å². The lowest BCUT2D eigenvalue weighted by molar-refractivity contribution is 0.0515. The van der Waals surface area contributed by atoms with E-state index in [4.69, 9.17) is 25.8 Å². The Morgan fingerprint density at radius 1 is 1.00 bits per heavy atom. The van der Waals surface area contributed by atoms with Gasteiger partial charge in [0.05, 0.1) is 48.7 Å². The monoisotopic (exact) mass is 545 g/mol. The van der Waals surface area contributed by atoms with Gasteiger partial charge in [0.15, 0.2) is 6.73 Å². The molecular formula is C30H28ClN3O5. The second kappa shape index (κ2) is 10.3. The number of esters is 1. The van der Waals surface area contributed by atoms with Crippen LogP contribution >= 0.6 is 11.6 Å². The quantitative estimate of drug-likeness (QED) is 0.332. The number of para-hydroxylation sites is 1. The van der Waals surface area contributed by atoms with Crippen molar-refractivity contribution in [2.24, 2.45) is 7.05 Å². The Kier molecular flexibility index (Phi) is 6.66. The molecule has 2 aliphatic heterocycles. The Bertz CT molecular complexity index is 1590. The lowest BCUT2D eigenvalue weighted by atomic mass is 9.97. The maximum Gasteiger partial charge on any atom is 0.339 e. The zero-order valence-corrected chi connectivity index (χ0v) is 22.5. The number of halogens is 1. The van der Waals surface area contributed by atoms with Gasteiger partial charge < -0.3 is 28.6 Å². The van der Waals surface area contributed by atoms with E-state index in [2.05, 4.69) is 4.90 Å². The molecule has 0 atom stereocenters. The van der Waals surface area contributed by atoms with Crippen LogP contribution in [0.15, 0.2) is 60.8 Å². The summed E-state index contributed by atoms with van der Waals surface area (Å²) < 4.78 is 18.7. The van der Waals surface area contributed by atoms with E-state index in [9.17, 15) is 9.59 Å². The molecule has 0 saturated carbocycles. The molecule has 2 aliphatic rings. The van der Waals surface area contributed by atoms with Crippen LogP contribution in [0.25, 0.3) is 22.0 Å². The average molecular weight is 546 g/mol. The molecule has 0 radical (unpaired) electrons. The van der Waals surface area contributed by atoms with Crippen LogP contribution in [0.5, 0.6) is 5.75 Å². The third kappa shape index (κ3) is 4.49. The molecular weight excluding hydrogens is 518 g/mol. The van der Waals surface area contributed by atoms with Crippen molar-refractivity contribution < 1.29 is 23.8 Å². The third-order valence-electron chi connectivity index (χ3n) is 7.41. The number of morpholine rings is 1. The fourth-order valence-electron chi connectivity index (χ4n) is 5.33. The van der Waals surface area contributed by atoms with Crippen molar-refractivity contribution in [3.05, 3.63) is 82.5 Å². The van der Waals surface area contributed by atoms with Crippen LogP contribution in [0.3, 0.4) is 0 Å². The first-order valence-electron chi connectivity index (χ1n) is 12.8. The number of anilines is 1. The number of benzene rings is 3. The van der Waals surface area contributed by atoms with Crippen LogP contribution in [-0.2, 0) is 23.1 Å². The molecule has 0 bridgehead atoms. The Morgan fingerprint density at radius 3 is 2.59 bits per heavy atom. The fourth-order valence-corrected chi connectivity index (χ4v) is 5.63. The van der Waals surface area contributed by atoms with Crippen LogP contribution < -0.4 is 9.64 Å². The van der Waals surface area contributed by atoms with Gasteiger partial charge in [0.25, 0.3) is 5.91 Å². The number of rotatable bonds is 4. The average Bonchev–Trinajstić information content (AvgIpc) is 3.37. The molecule has 3 aromatic carbocycles. The first-order chi connectivity index (χ1) is 19.0. The number of nitrogens with zero attached hydrogens (tertiary/aromatic N) is 3. The number of methoxy groups -OCH3 is 1. The minimum absolute atomic E-state index is 0.0998. The minimum atomic E-state index is -0.379. The van der Waals surface area contributed by atoms with Crippen molar-refractivity contribution in [1.29, 1.82) is 0 Å². The lowest BCUT2D eigenvalue weighted by Gasteiger charge is -2.32. The van der Waals surface area contributed by atoms with Crippen LogP contribution in [0, 0.1) is 0 Å². The summed E-state index contributed by atoms with van der Waals surface area (Å²) in [5.74, 6) is 0.166. The molecule has 0 spiro atoms. The first-order valence-corrected chi connectivity index (χ1v) is 13.2. The van der Waals surface area contributed by atoms with Gasteiger partial charge >= 0.3 is 5.97 Å². The van der Waals surface area contributed by atoms with Crippen molar-refractivity contribution in [1.82, 2.24) is 9.47 Å². The SMILES string of the molecule is COC(=O)c1ccc(-c2cccc3c2OCN(C(=O)c2ccc4c(ccn4C)c2Cl)C3)cc1N1CCOCC1. The molecule has 0 N–H and O–H groups in total. The Morgan fingerprint density at radius 2 is 1.79 bits per heavy atom. The highest BCUT2D eigenvalue weighted by molar-refractivity contribution is 6.38. The fraction of sp³-hybridized carbons (Fsp3) is 0.267. The Balaban J connectivity index is 1.31. The van der Waals surface area contributed by atoms with Crippen molar-refractivity contribution in [3.8, 4) is 16.9 Å². The number of carbonyl (C=O) groups is 2. The van der Waals surface area contributed by atoms with Crippen LogP contribution in [0.1, 0.15) is 26.3 Å². The Hall–Kier alpha value is -4.01. The number of hydrogen-bond donors (Lipinski definition) is 0. The number of hydrogen-bond acceptors (Lipinski definition) is 6. The number of amides is 1. The molecule has 8 nitrogen and oxygen atoms in total. The number of ether oxygens (including phenoxy) is 3. The molecule has 4 aromatic rings. The Labute approximate surface area is 231 Å². The summed E-state index contributed by atoms with van der Waals surface area (Å²) in [7, 11) is 3.33. The molecule has 3 heterocycles. The number of fused-ring (bicyclic) bond motifs is 2. The summed E-state index contributed by atoms with van der Waals surface area (Å²) in [5, 5.41) is 1.29. The molecule has 6 rings (SSSR count). The first kappa shape index (κ1) is 25.3. The van der Waals surface area contributed by atoms with Crippen molar-refractivity contribution in [2.75, 3.05) is 45.0 Å². The molecule has 200 valence electrons. The van der Waals surface area contributed by atoms with Crippen molar-refractivity contribution >= 4 is 40.1 Å². The van der Waals surface area contributed by atoms with Gasteiger partial charge in [-0.3, -0.25) is 4.79 Å². The highest BCUT2D eigenvalue weighted by Crippen LogP contribution is 2.39. The molecule has 9 heteroatoms. The molecule has 1 aromatic heterocycles. The number of aromatic nitrogens is 1. The van der Waals surface area contributed by atoms with Crippen molar-refractivity contribution in [3.63, 3.8) is 0 Å². The van der Waals surface area contributed by atoms with E-state index in [0.717, 1.165) is 39.0 Å². The summed E-state index contributed by atoms with van der Waals surface area (Å²) in [6.45, 7) is 3.06. The molecule has 1 fully saturated rings. The van der Waals surface area contributed by atoms with Gasteiger partial charge in [-0.1, -0.05) is 35.9 Å². The highest BCUT2D eigenvalue weighted by atomic mass is 35.5. The maximum atomic E-state index is 13.5. The summed E-state index contributed by atoms with van der Waals surface area (Å²) in [4.78, 5) is 29.8. The van der Waals surface area contributed by atoms with E-state index in [1.165, 1.54) is 7.11 Å². The molecule has 0 unspecified atom stereocenters. The largest absolute Gasteiger partial charge is 0.472 e. The molecule has 39 heavy (non-hydrogen) atoms. The molecule has 1 amide bonds. The van der Waals surface area contributed by atoms with Gasteiger partial charge in [-0.15, -0.1) is 0 Å². The topological polar surface area (TPSA) is 73.2 Å². The zero-order chi connectivity index (χ0) is 27.1. The summed E-state index contributed by atoms with van der Waals surface area (Å²) >= 11 is 6.65. The van der Waals surface area contributed by atoms with E-state index in [0.29, 0.717) is 49.0 Å². The number of carbonyl (C=O) groups excluding carboxylic acids is 2. The molecule has 1 saturated heterocycles. The van der Waals surface area contributed by atoms with Gasteiger partial charge in [-0.05, 0) is 35.9 Å². The van der Waals surface area contributed by atoms with E-state index >= 15 is 0 Å². The summed E-state index contributed by atoms with van der Waals surface area (Å²) in [6, 6.07) is 17.2. The second-order valence-corrected chi connectivity index (χ2v) is 10.1. The normalized spacial score (nSPS) is 15.2. The smallest absolute Gasteiger partial charge is 0.339 e. The highest BCUT2D eigenvalue weighted by Gasteiger charge is 2.28. The third-order valence-corrected chi connectivity index (χ3v) is 7.81. The van der Waals surface area contributed by atoms with E-state index in [-0.39, 0.29) is 18.6 Å². The van der Waals surface area contributed by atoms with Crippen LogP contribution in [0.4, 0.5) is 5.69 Å². The van der Waals surface area contributed by atoms with Gasteiger partial charge in [0.1, 0.15) is 5.75 Å². The van der Waals surface area contributed by atoms with E-state index in [1.54, 1.807) is 17.0 Å². The van der Waals surface area contributed by atoms with Gasteiger partial charge in [0.2, 0.25) is 0 Å². The van der Waals surface area contributed by atoms with Gasteiger partial charge in [-0.2, -0.15) is 0 Å². The zero-order valence-electron chi connectivity index (χ0n) is 21.8. The maximum absolute atomic E-state index is 13.5. The number of aryl methyl sites for hydroxylation is 1. The second-order valence-electron chi connectivity index (χ2n) is 9.68. The molecule has 0 aliphatic carbocycles. The summed E-state index contributed by atoms with van der Waals surface area (Å²) in [6.07, 6.45) is 1.93. The van der Waals surface area contributed by atoms with Gasteiger partial charge in [0, 0.05) is 48.4 Å².